The van der Waals surface area contributed by atoms with Gasteiger partial charge in [0, 0.05) is 6.54 Å². The number of primary amides is 1. The van der Waals surface area contributed by atoms with E-state index in [1.807, 2.05) is 0 Å². The highest BCUT2D eigenvalue weighted by molar-refractivity contribution is 7.11. The summed E-state index contributed by atoms with van der Waals surface area (Å²) >= 11 is 1.18. The molecule has 1 heterocycles. The largest absolute Gasteiger partial charge is 0.382 e. The Hall–Kier alpha value is -1.30. The van der Waals surface area contributed by atoms with Crippen LogP contribution in [0.2, 0.25) is 0 Å². The van der Waals surface area contributed by atoms with E-state index in [9.17, 15) is 4.79 Å². The second-order valence-corrected chi connectivity index (χ2v) is 4.87. The van der Waals surface area contributed by atoms with Crippen molar-refractivity contribution in [1.29, 1.82) is 0 Å². The van der Waals surface area contributed by atoms with Gasteiger partial charge in [0.15, 0.2) is 5.82 Å². The number of amides is 1. The zero-order valence-electron chi connectivity index (χ0n) is 9.62. The van der Waals surface area contributed by atoms with Crippen LogP contribution in [0.3, 0.4) is 0 Å². The molecule has 0 unspecified atom stereocenters. The van der Waals surface area contributed by atoms with E-state index in [-0.39, 0.29) is 5.82 Å². The van der Waals surface area contributed by atoms with Crippen LogP contribution in [0.4, 0.5) is 10.8 Å². The van der Waals surface area contributed by atoms with Gasteiger partial charge in [-0.1, -0.05) is 13.8 Å². The summed E-state index contributed by atoms with van der Waals surface area (Å²) < 4.78 is 3.91. The molecule has 0 aliphatic carbocycles. The van der Waals surface area contributed by atoms with Crippen LogP contribution in [-0.4, -0.2) is 16.8 Å². The molecule has 0 atom stereocenters. The Morgan fingerprint density at radius 1 is 1.56 bits per heavy atom. The number of nitrogen functional groups attached to an aromatic ring is 1. The van der Waals surface area contributed by atoms with E-state index >= 15 is 0 Å². The number of hydrogen-bond donors (Lipinski definition) is 3. The zero-order chi connectivity index (χ0) is 12.1. The van der Waals surface area contributed by atoms with Crippen molar-refractivity contribution in [3.05, 3.63) is 5.56 Å². The number of carbonyl (C=O) groups is 1. The minimum absolute atomic E-state index is 0.212. The highest BCUT2D eigenvalue weighted by Gasteiger charge is 2.15. The summed E-state index contributed by atoms with van der Waals surface area (Å²) in [5.41, 5.74) is 11.1. The molecule has 6 heteroatoms. The molecule has 0 aliphatic heterocycles. The molecule has 0 aliphatic rings. The summed E-state index contributed by atoms with van der Waals surface area (Å²) in [6.07, 6.45) is 2.20. The van der Waals surface area contributed by atoms with Crippen molar-refractivity contribution in [2.24, 2.45) is 11.7 Å². The lowest BCUT2D eigenvalue weighted by atomic mass is 10.1. The van der Waals surface area contributed by atoms with Gasteiger partial charge in [-0.15, -0.1) is 0 Å². The van der Waals surface area contributed by atoms with E-state index < -0.39 is 5.91 Å². The third kappa shape index (κ3) is 3.37. The van der Waals surface area contributed by atoms with Gasteiger partial charge in [-0.05, 0) is 30.3 Å². The van der Waals surface area contributed by atoms with Gasteiger partial charge in [0.1, 0.15) is 10.6 Å². The summed E-state index contributed by atoms with van der Waals surface area (Å²) in [5.74, 6) is 0.366. The maximum absolute atomic E-state index is 11.1. The Labute approximate surface area is 99.4 Å². The molecule has 1 amide bonds. The molecule has 1 aromatic heterocycles. The van der Waals surface area contributed by atoms with Gasteiger partial charge in [-0.25, -0.2) is 0 Å². The van der Waals surface area contributed by atoms with E-state index in [0.29, 0.717) is 16.5 Å². The highest BCUT2D eigenvalue weighted by Crippen LogP contribution is 2.26. The molecule has 5 N–H and O–H groups in total. The lowest BCUT2D eigenvalue weighted by molar-refractivity contribution is 0.100. The summed E-state index contributed by atoms with van der Waals surface area (Å²) in [6, 6.07) is 0. The number of anilines is 2. The minimum Gasteiger partial charge on any atom is -0.382 e. The predicted molar refractivity (Wildman–Crippen MR) is 67.6 cm³/mol. The summed E-state index contributed by atoms with van der Waals surface area (Å²) in [5, 5.41) is 3.82. The Balaban J connectivity index is 2.51. The number of rotatable bonds is 6. The molecule has 0 aromatic carbocycles. The van der Waals surface area contributed by atoms with Gasteiger partial charge in [-0.3, -0.25) is 4.79 Å². The Bertz CT molecular complexity index is 362. The maximum atomic E-state index is 11.1. The van der Waals surface area contributed by atoms with Crippen molar-refractivity contribution in [1.82, 2.24) is 4.37 Å². The van der Waals surface area contributed by atoms with Crippen LogP contribution in [0.15, 0.2) is 0 Å². The Morgan fingerprint density at radius 3 is 2.81 bits per heavy atom. The van der Waals surface area contributed by atoms with Crippen LogP contribution < -0.4 is 16.8 Å². The number of aromatic nitrogens is 1. The molecule has 0 radical (unpaired) electrons. The molecule has 0 saturated carbocycles. The van der Waals surface area contributed by atoms with Crippen molar-refractivity contribution >= 4 is 28.3 Å². The quantitative estimate of drug-likeness (QED) is 0.661. The number of nitrogens with zero attached hydrogens (tertiary/aromatic N) is 1. The fourth-order valence-electron chi connectivity index (χ4n) is 1.37. The second-order valence-electron chi connectivity index (χ2n) is 4.10. The molecule has 0 saturated heterocycles. The molecule has 1 rings (SSSR count). The predicted octanol–water partition coefficient (Wildman–Crippen LogP) is 1.67. The molecule has 0 bridgehead atoms. The first-order valence-electron chi connectivity index (χ1n) is 5.31. The van der Waals surface area contributed by atoms with Crippen LogP contribution in [0.25, 0.3) is 0 Å². The van der Waals surface area contributed by atoms with Gasteiger partial charge in [0.25, 0.3) is 5.91 Å². The maximum Gasteiger partial charge on any atom is 0.255 e. The number of nitrogens with one attached hydrogen (secondary N) is 1. The molecule has 90 valence electrons. The lowest BCUT2D eigenvalue weighted by Crippen LogP contribution is -2.15. The smallest absolute Gasteiger partial charge is 0.255 e. The highest BCUT2D eigenvalue weighted by atomic mass is 32.1. The number of nitrogens with two attached hydrogens (primary N) is 2. The minimum atomic E-state index is -0.530. The number of hydrogen-bond acceptors (Lipinski definition) is 5. The third-order valence-corrected chi connectivity index (χ3v) is 3.03. The second kappa shape index (κ2) is 5.69. The average molecular weight is 242 g/mol. The fourth-order valence-corrected chi connectivity index (χ4v) is 2.12. The van der Waals surface area contributed by atoms with Gasteiger partial charge in [0.2, 0.25) is 0 Å². The Morgan fingerprint density at radius 2 is 2.25 bits per heavy atom. The first-order chi connectivity index (χ1) is 7.52. The SMILES string of the molecule is CC(C)CCCNc1snc(N)c1C(N)=O. The normalized spacial score (nSPS) is 10.7. The topological polar surface area (TPSA) is 94.0 Å². The van der Waals surface area contributed by atoms with Crippen LogP contribution in [0.5, 0.6) is 0 Å². The summed E-state index contributed by atoms with van der Waals surface area (Å²) in [4.78, 5) is 11.1. The van der Waals surface area contributed by atoms with Crippen LogP contribution >= 0.6 is 11.5 Å². The lowest BCUT2D eigenvalue weighted by Gasteiger charge is -2.06. The molecule has 1 aromatic rings. The monoisotopic (exact) mass is 242 g/mol. The average Bonchev–Trinajstić information content (AvgIpc) is 2.54. The van der Waals surface area contributed by atoms with Crippen molar-refractivity contribution < 1.29 is 4.79 Å². The molecule has 5 nitrogen and oxygen atoms in total. The van der Waals surface area contributed by atoms with Crippen molar-refractivity contribution in [3.63, 3.8) is 0 Å². The van der Waals surface area contributed by atoms with Gasteiger partial charge in [-0.2, -0.15) is 4.37 Å². The van der Waals surface area contributed by atoms with Gasteiger partial charge < -0.3 is 16.8 Å². The Kier molecular flexibility index (Phi) is 4.54. The van der Waals surface area contributed by atoms with Gasteiger partial charge in [0.05, 0.1) is 0 Å². The van der Waals surface area contributed by atoms with E-state index in [2.05, 4.69) is 23.5 Å². The first kappa shape index (κ1) is 12.8. The van der Waals surface area contributed by atoms with Gasteiger partial charge >= 0.3 is 0 Å². The van der Waals surface area contributed by atoms with E-state index in [1.165, 1.54) is 11.5 Å². The standard InChI is InChI=1S/C10H18N4OS/c1-6(2)4-3-5-13-10-7(9(12)15)8(11)14-16-10/h6,13H,3-5H2,1-2H3,(H2,11,14)(H2,12,15). The summed E-state index contributed by atoms with van der Waals surface area (Å²) in [6.45, 7) is 5.17. The van der Waals surface area contributed by atoms with E-state index in [4.69, 9.17) is 11.5 Å². The van der Waals surface area contributed by atoms with Crippen molar-refractivity contribution in [3.8, 4) is 0 Å². The van der Waals surface area contributed by atoms with Crippen molar-refractivity contribution in [2.75, 3.05) is 17.6 Å². The zero-order valence-corrected chi connectivity index (χ0v) is 10.4. The summed E-state index contributed by atoms with van der Waals surface area (Å²) in [7, 11) is 0. The molecular weight excluding hydrogens is 224 g/mol. The molecule has 16 heavy (non-hydrogen) atoms. The molecular formula is C10H18N4OS. The van der Waals surface area contributed by atoms with Crippen molar-refractivity contribution in [2.45, 2.75) is 26.7 Å². The van der Waals surface area contributed by atoms with Crippen LogP contribution in [0, 0.1) is 5.92 Å². The van der Waals surface area contributed by atoms with E-state index in [0.717, 1.165) is 19.4 Å². The number of carbonyl (C=O) groups excluding carboxylic acids is 1. The first-order valence-corrected chi connectivity index (χ1v) is 6.08. The molecule has 0 spiro atoms. The van der Waals surface area contributed by atoms with E-state index in [1.54, 1.807) is 0 Å². The van der Waals surface area contributed by atoms with Crippen LogP contribution in [0.1, 0.15) is 37.0 Å². The van der Waals surface area contributed by atoms with Crippen LogP contribution in [-0.2, 0) is 0 Å². The fraction of sp³-hybridized carbons (Fsp3) is 0.600. The molecule has 0 fully saturated rings. The third-order valence-electron chi connectivity index (χ3n) is 2.21.